The van der Waals surface area contributed by atoms with E-state index in [4.69, 9.17) is 5.73 Å². The van der Waals surface area contributed by atoms with E-state index in [9.17, 15) is 0 Å². The maximum absolute atomic E-state index is 6.03. The van der Waals surface area contributed by atoms with Crippen molar-refractivity contribution in [3.05, 3.63) is 30.1 Å². The van der Waals surface area contributed by atoms with Crippen molar-refractivity contribution in [3.63, 3.8) is 0 Å². The number of nitrogen functional groups attached to an aromatic ring is 1. The highest BCUT2D eigenvalue weighted by Crippen LogP contribution is 2.30. The predicted molar refractivity (Wildman–Crippen MR) is 82.7 cm³/mol. The molecule has 0 unspecified atom stereocenters. The smallest absolute Gasteiger partial charge is 0.0446 e. The first-order valence-electron chi connectivity index (χ1n) is 6.64. The van der Waals surface area contributed by atoms with Crippen molar-refractivity contribution in [1.29, 1.82) is 0 Å². The monoisotopic (exact) mass is 258 g/mol. The van der Waals surface area contributed by atoms with Crippen LogP contribution in [0.4, 0.5) is 11.4 Å². The number of aryl methyl sites for hydroxylation is 1. The number of nitrogens with one attached hydrogen (secondary N) is 1. The van der Waals surface area contributed by atoms with Crippen LogP contribution in [-0.4, -0.2) is 32.2 Å². The SMILES string of the molecule is CNCCCN(C)c1ccc(N)c2cnc(C)cc12. The van der Waals surface area contributed by atoms with Crippen LogP contribution < -0.4 is 16.0 Å². The molecule has 19 heavy (non-hydrogen) atoms. The minimum atomic E-state index is 0.787. The van der Waals surface area contributed by atoms with Gasteiger partial charge in [0.2, 0.25) is 0 Å². The molecule has 0 amide bonds. The highest BCUT2D eigenvalue weighted by molar-refractivity contribution is 6.01. The Kier molecular flexibility index (Phi) is 4.22. The Labute approximate surface area is 114 Å². The number of hydrogen-bond donors (Lipinski definition) is 2. The molecule has 0 atom stereocenters. The molecule has 1 aromatic heterocycles. The molecule has 0 fully saturated rings. The molecule has 0 saturated heterocycles. The van der Waals surface area contributed by atoms with Gasteiger partial charge < -0.3 is 16.0 Å². The van der Waals surface area contributed by atoms with Crippen LogP contribution in [0.2, 0.25) is 0 Å². The van der Waals surface area contributed by atoms with E-state index in [2.05, 4.69) is 34.4 Å². The van der Waals surface area contributed by atoms with Gasteiger partial charge in [0.15, 0.2) is 0 Å². The van der Waals surface area contributed by atoms with E-state index in [-0.39, 0.29) is 0 Å². The molecule has 0 aliphatic rings. The van der Waals surface area contributed by atoms with Gasteiger partial charge in [-0.1, -0.05) is 0 Å². The molecule has 102 valence electrons. The molecule has 4 heteroatoms. The first-order chi connectivity index (χ1) is 9.13. The van der Waals surface area contributed by atoms with Crippen LogP contribution in [-0.2, 0) is 0 Å². The molecule has 0 aliphatic heterocycles. The summed E-state index contributed by atoms with van der Waals surface area (Å²) in [6.45, 7) is 4.05. The van der Waals surface area contributed by atoms with E-state index < -0.39 is 0 Å². The fraction of sp³-hybridized carbons (Fsp3) is 0.400. The quantitative estimate of drug-likeness (QED) is 0.637. The number of hydrogen-bond acceptors (Lipinski definition) is 4. The summed E-state index contributed by atoms with van der Waals surface area (Å²) in [4.78, 5) is 6.61. The minimum absolute atomic E-state index is 0.787. The second-order valence-corrected chi connectivity index (χ2v) is 4.92. The number of rotatable bonds is 5. The first kappa shape index (κ1) is 13.6. The molecule has 2 aromatic rings. The Hall–Kier alpha value is -1.81. The lowest BCUT2D eigenvalue weighted by Gasteiger charge is -2.22. The number of pyridine rings is 1. The van der Waals surface area contributed by atoms with Crippen LogP contribution in [0.25, 0.3) is 10.8 Å². The van der Waals surface area contributed by atoms with Gasteiger partial charge in [0.25, 0.3) is 0 Å². The maximum Gasteiger partial charge on any atom is 0.0446 e. The summed E-state index contributed by atoms with van der Waals surface area (Å²) in [5.74, 6) is 0. The highest BCUT2D eigenvalue weighted by Gasteiger charge is 2.08. The van der Waals surface area contributed by atoms with Gasteiger partial charge in [-0.2, -0.15) is 0 Å². The minimum Gasteiger partial charge on any atom is -0.398 e. The van der Waals surface area contributed by atoms with Crippen molar-refractivity contribution in [2.75, 3.05) is 37.8 Å². The first-order valence-corrected chi connectivity index (χ1v) is 6.64. The van der Waals surface area contributed by atoms with E-state index in [1.54, 1.807) is 0 Å². The van der Waals surface area contributed by atoms with Crippen molar-refractivity contribution >= 4 is 22.1 Å². The van der Waals surface area contributed by atoms with Crippen LogP contribution in [0.3, 0.4) is 0 Å². The van der Waals surface area contributed by atoms with Crippen molar-refractivity contribution in [2.24, 2.45) is 0 Å². The van der Waals surface area contributed by atoms with Crippen LogP contribution in [0, 0.1) is 6.92 Å². The molecular weight excluding hydrogens is 236 g/mol. The van der Waals surface area contributed by atoms with Gasteiger partial charge in [-0.05, 0) is 45.1 Å². The molecule has 0 saturated carbocycles. The zero-order valence-corrected chi connectivity index (χ0v) is 11.9. The van der Waals surface area contributed by atoms with E-state index in [0.29, 0.717) is 0 Å². The molecule has 0 bridgehead atoms. The van der Waals surface area contributed by atoms with E-state index in [0.717, 1.165) is 36.3 Å². The summed E-state index contributed by atoms with van der Waals surface area (Å²) in [7, 11) is 4.10. The molecule has 0 aliphatic carbocycles. The Balaban J connectivity index is 2.37. The molecule has 1 aromatic carbocycles. The number of fused-ring (bicyclic) bond motifs is 1. The van der Waals surface area contributed by atoms with Gasteiger partial charge in [0.1, 0.15) is 0 Å². The Morgan fingerprint density at radius 1 is 1.32 bits per heavy atom. The summed E-state index contributed by atoms with van der Waals surface area (Å²) < 4.78 is 0. The fourth-order valence-corrected chi connectivity index (χ4v) is 2.30. The summed E-state index contributed by atoms with van der Waals surface area (Å²) in [5, 5.41) is 5.38. The number of nitrogens with zero attached hydrogens (tertiary/aromatic N) is 2. The third-order valence-corrected chi connectivity index (χ3v) is 3.38. The van der Waals surface area contributed by atoms with E-state index in [1.807, 2.05) is 26.2 Å². The zero-order valence-electron chi connectivity index (χ0n) is 11.9. The van der Waals surface area contributed by atoms with E-state index in [1.165, 1.54) is 11.1 Å². The van der Waals surface area contributed by atoms with Crippen molar-refractivity contribution in [1.82, 2.24) is 10.3 Å². The number of benzene rings is 1. The Bertz CT molecular complexity index is 565. The average Bonchev–Trinajstić information content (AvgIpc) is 2.39. The average molecular weight is 258 g/mol. The molecule has 0 spiro atoms. The lowest BCUT2D eigenvalue weighted by atomic mass is 10.1. The second-order valence-electron chi connectivity index (χ2n) is 4.92. The van der Waals surface area contributed by atoms with Crippen LogP contribution in [0.15, 0.2) is 24.4 Å². The fourth-order valence-electron chi connectivity index (χ4n) is 2.30. The van der Waals surface area contributed by atoms with Gasteiger partial charge in [-0.25, -0.2) is 0 Å². The number of anilines is 2. The van der Waals surface area contributed by atoms with Gasteiger partial charge in [-0.3, -0.25) is 4.98 Å². The lowest BCUT2D eigenvalue weighted by Crippen LogP contribution is -2.22. The standard InChI is InChI=1S/C15H22N4/c1-11-9-12-13(10-18-11)14(16)5-6-15(12)19(3)8-4-7-17-2/h5-6,9-10,17H,4,7-8,16H2,1-3H3. The van der Waals surface area contributed by atoms with Crippen molar-refractivity contribution in [2.45, 2.75) is 13.3 Å². The van der Waals surface area contributed by atoms with Crippen LogP contribution >= 0.6 is 0 Å². The van der Waals surface area contributed by atoms with E-state index >= 15 is 0 Å². The summed E-state index contributed by atoms with van der Waals surface area (Å²) in [6.07, 6.45) is 2.98. The maximum atomic E-state index is 6.03. The van der Waals surface area contributed by atoms with Crippen LogP contribution in [0.5, 0.6) is 0 Å². The largest absolute Gasteiger partial charge is 0.398 e. The summed E-state index contributed by atoms with van der Waals surface area (Å²) in [5.41, 5.74) is 9.05. The van der Waals surface area contributed by atoms with Gasteiger partial charge in [-0.15, -0.1) is 0 Å². The molecule has 1 heterocycles. The predicted octanol–water partition coefficient (Wildman–Crippen LogP) is 2.17. The number of nitrogens with two attached hydrogens (primary N) is 1. The molecule has 2 rings (SSSR count). The van der Waals surface area contributed by atoms with Gasteiger partial charge in [0, 0.05) is 47.6 Å². The summed E-state index contributed by atoms with van der Waals surface area (Å²) >= 11 is 0. The summed E-state index contributed by atoms with van der Waals surface area (Å²) in [6, 6.07) is 6.16. The van der Waals surface area contributed by atoms with Crippen molar-refractivity contribution in [3.8, 4) is 0 Å². The molecule has 4 nitrogen and oxygen atoms in total. The zero-order chi connectivity index (χ0) is 13.8. The Morgan fingerprint density at radius 2 is 2.11 bits per heavy atom. The topological polar surface area (TPSA) is 54.2 Å². The molecule has 0 radical (unpaired) electrons. The van der Waals surface area contributed by atoms with Crippen LogP contribution in [0.1, 0.15) is 12.1 Å². The number of aromatic nitrogens is 1. The Morgan fingerprint density at radius 3 is 2.84 bits per heavy atom. The highest BCUT2D eigenvalue weighted by atomic mass is 15.1. The normalized spacial score (nSPS) is 10.9. The lowest BCUT2D eigenvalue weighted by molar-refractivity contribution is 0.714. The second kappa shape index (κ2) is 5.89. The third-order valence-electron chi connectivity index (χ3n) is 3.38. The molecular formula is C15H22N4. The molecule has 3 N–H and O–H groups in total. The third kappa shape index (κ3) is 2.96. The van der Waals surface area contributed by atoms with Gasteiger partial charge in [0.05, 0.1) is 0 Å². The van der Waals surface area contributed by atoms with Crippen molar-refractivity contribution < 1.29 is 0 Å². The van der Waals surface area contributed by atoms with Gasteiger partial charge >= 0.3 is 0 Å².